The van der Waals surface area contributed by atoms with Gasteiger partial charge in [0.2, 0.25) is 0 Å². The minimum atomic E-state index is -0.743. The van der Waals surface area contributed by atoms with E-state index in [0.717, 1.165) is 12.8 Å². The van der Waals surface area contributed by atoms with Gasteiger partial charge < -0.3 is 14.8 Å². The molecule has 0 bridgehead atoms. The molecule has 8 nitrogen and oxygen atoms in total. The molecule has 1 aromatic carbocycles. The Kier molecular flexibility index (Phi) is 5.52. The van der Waals surface area contributed by atoms with Gasteiger partial charge in [-0.05, 0) is 37.1 Å². The Morgan fingerprint density at radius 2 is 1.87 bits per heavy atom. The van der Waals surface area contributed by atoms with Gasteiger partial charge in [0.05, 0.1) is 11.6 Å². The summed E-state index contributed by atoms with van der Waals surface area (Å²) < 4.78 is 9.83. The molecule has 0 spiro atoms. The lowest BCUT2D eigenvalue weighted by molar-refractivity contribution is -0.150. The molecule has 3 amide bonds. The first-order valence-electron chi connectivity index (χ1n) is 6.96. The Hall–Kier alpha value is -3.08. The third kappa shape index (κ3) is 6.05. The van der Waals surface area contributed by atoms with Crippen LogP contribution in [0.3, 0.4) is 0 Å². The summed E-state index contributed by atoms with van der Waals surface area (Å²) in [6, 6.07) is 7.68. The largest absolute Gasteiger partial charge is 0.482 e. The van der Waals surface area contributed by atoms with Crippen molar-refractivity contribution in [2.24, 2.45) is 0 Å². The van der Waals surface area contributed by atoms with Crippen molar-refractivity contribution >= 4 is 17.9 Å². The van der Waals surface area contributed by atoms with Crippen LogP contribution in [0.4, 0.5) is 4.79 Å². The zero-order valence-corrected chi connectivity index (χ0v) is 12.2. The van der Waals surface area contributed by atoms with E-state index in [9.17, 15) is 14.4 Å². The number of carbonyl (C=O) groups is 3. The number of hydrogen-bond donors (Lipinski definition) is 2. The Labute approximate surface area is 132 Å². The van der Waals surface area contributed by atoms with Crippen LogP contribution in [0.25, 0.3) is 0 Å². The van der Waals surface area contributed by atoms with Crippen molar-refractivity contribution < 1.29 is 23.9 Å². The van der Waals surface area contributed by atoms with Crippen LogP contribution < -0.4 is 15.4 Å². The van der Waals surface area contributed by atoms with Gasteiger partial charge in [0, 0.05) is 6.04 Å². The topological polar surface area (TPSA) is 118 Å². The number of esters is 1. The number of benzene rings is 1. The molecule has 1 aliphatic carbocycles. The van der Waals surface area contributed by atoms with E-state index in [1.165, 1.54) is 0 Å². The van der Waals surface area contributed by atoms with Crippen molar-refractivity contribution in [2.75, 3.05) is 13.2 Å². The SMILES string of the molecule is N#Cc1ccc(OCC(=O)OCC(=O)NC(=O)NC2CC2)cc1. The fourth-order valence-corrected chi connectivity index (χ4v) is 1.57. The van der Waals surface area contributed by atoms with E-state index in [1.54, 1.807) is 24.3 Å². The van der Waals surface area contributed by atoms with Crippen LogP contribution in [0, 0.1) is 11.3 Å². The molecule has 0 heterocycles. The molecule has 2 N–H and O–H groups in total. The zero-order chi connectivity index (χ0) is 16.7. The van der Waals surface area contributed by atoms with Gasteiger partial charge in [-0.3, -0.25) is 10.1 Å². The van der Waals surface area contributed by atoms with Crippen LogP contribution in [-0.4, -0.2) is 37.2 Å². The second-order valence-corrected chi connectivity index (χ2v) is 4.88. The lowest BCUT2D eigenvalue weighted by atomic mass is 10.2. The summed E-state index contributed by atoms with van der Waals surface area (Å²) in [6.07, 6.45) is 1.81. The lowest BCUT2D eigenvalue weighted by Crippen LogP contribution is -2.42. The van der Waals surface area contributed by atoms with E-state index in [0.29, 0.717) is 11.3 Å². The average molecular weight is 317 g/mol. The third-order valence-electron chi connectivity index (χ3n) is 2.87. The van der Waals surface area contributed by atoms with E-state index in [1.807, 2.05) is 6.07 Å². The second kappa shape index (κ2) is 7.79. The molecule has 0 unspecified atom stereocenters. The molecular formula is C15H15N3O5. The highest BCUT2D eigenvalue weighted by Crippen LogP contribution is 2.18. The number of hydrogen-bond acceptors (Lipinski definition) is 6. The summed E-state index contributed by atoms with van der Waals surface area (Å²) in [5.41, 5.74) is 0.473. The van der Waals surface area contributed by atoms with Gasteiger partial charge in [-0.1, -0.05) is 0 Å². The predicted octanol–water partition coefficient (Wildman–Crippen LogP) is 0.468. The average Bonchev–Trinajstić information content (AvgIpc) is 3.35. The molecule has 1 aromatic rings. The first kappa shape index (κ1) is 16.3. The molecule has 0 aromatic heterocycles. The number of nitrogens with zero attached hydrogens (tertiary/aromatic N) is 1. The van der Waals surface area contributed by atoms with Crippen molar-refractivity contribution in [3.8, 4) is 11.8 Å². The van der Waals surface area contributed by atoms with E-state index in [2.05, 4.69) is 15.4 Å². The zero-order valence-electron chi connectivity index (χ0n) is 12.2. The Morgan fingerprint density at radius 3 is 2.48 bits per heavy atom. The number of nitrogens with one attached hydrogen (secondary N) is 2. The molecule has 2 rings (SSSR count). The predicted molar refractivity (Wildman–Crippen MR) is 77.3 cm³/mol. The lowest BCUT2D eigenvalue weighted by Gasteiger charge is -2.08. The van der Waals surface area contributed by atoms with E-state index in [4.69, 9.17) is 10.00 Å². The maximum Gasteiger partial charge on any atom is 0.344 e. The van der Waals surface area contributed by atoms with Gasteiger partial charge in [-0.15, -0.1) is 0 Å². The maximum absolute atomic E-state index is 11.4. The fourth-order valence-electron chi connectivity index (χ4n) is 1.57. The number of ether oxygens (including phenoxy) is 2. The monoisotopic (exact) mass is 317 g/mol. The fraction of sp³-hybridized carbons (Fsp3) is 0.333. The number of rotatable bonds is 6. The van der Waals surface area contributed by atoms with Crippen LogP contribution in [0.15, 0.2) is 24.3 Å². The summed E-state index contributed by atoms with van der Waals surface area (Å²) >= 11 is 0. The summed E-state index contributed by atoms with van der Waals surface area (Å²) in [4.78, 5) is 34.1. The normalized spacial score (nSPS) is 12.7. The Balaban J connectivity index is 1.62. The maximum atomic E-state index is 11.4. The molecule has 8 heteroatoms. The van der Waals surface area contributed by atoms with E-state index in [-0.39, 0.29) is 12.6 Å². The number of nitriles is 1. The summed E-state index contributed by atoms with van der Waals surface area (Å²) in [7, 11) is 0. The molecule has 0 radical (unpaired) electrons. The molecular weight excluding hydrogens is 302 g/mol. The van der Waals surface area contributed by atoms with E-state index < -0.39 is 24.5 Å². The van der Waals surface area contributed by atoms with E-state index >= 15 is 0 Å². The summed E-state index contributed by atoms with van der Waals surface area (Å²) in [6.45, 7) is -0.943. The van der Waals surface area contributed by atoms with Gasteiger partial charge in [0.25, 0.3) is 5.91 Å². The highest BCUT2D eigenvalue weighted by Gasteiger charge is 2.24. The van der Waals surface area contributed by atoms with Crippen molar-refractivity contribution in [3.63, 3.8) is 0 Å². The molecule has 23 heavy (non-hydrogen) atoms. The molecule has 120 valence electrons. The molecule has 0 saturated heterocycles. The highest BCUT2D eigenvalue weighted by atomic mass is 16.6. The minimum absolute atomic E-state index is 0.131. The van der Waals surface area contributed by atoms with Crippen molar-refractivity contribution in [1.82, 2.24) is 10.6 Å². The first-order chi connectivity index (χ1) is 11.1. The number of urea groups is 1. The Morgan fingerprint density at radius 1 is 1.17 bits per heavy atom. The number of imide groups is 1. The van der Waals surface area contributed by atoms with Crippen LogP contribution in [0.1, 0.15) is 18.4 Å². The van der Waals surface area contributed by atoms with Crippen LogP contribution in [0.2, 0.25) is 0 Å². The smallest absolute Gasteiger partial charge is 0.344 e. The van der Waals surface area contributed by atoms with Crippen molar-refractivity contribution in [3.05, 3.63) is 29.8 Å². The summed E-state index contributed by atoms with van der Waals surface area (Å²) in [5, 5.41) is 13.3. The number of amides is 3. The van der Waals surface area contributed by atoms with Crippen molar-refractivity contribution in [1.29, 1.82) is 5.26 Å². The van der Waals surface area contributed by atoms with Crippen molar-refractivity contribution in [2.45, 2.75) is 18.9 Å². The Bertz CT molecular complexity index is 632. The number of carbonyl (C=O) groups excluding carboxylic acids is 3. The van der Waals surface area contributed by atoms with Crippen LogP contribution in [0.5, 0.6) is 5.75 Å². The minimum Gasteiger partial charge on any atom is -0.482 e. The molecule has 0 atom stereocenters. The molecule has 1 saturated carbocycles. The first-order valence-corrected chi connectivity index (χ1v) is 6.96. The highest BCUT2D eigenvalue weighted by molar-refractivity contribution is 5.95. The second-order valence-electron chi connectivity index (χ2n) is 4.88. The van der Waals surface area contributed by atoms with Gasteiger partial charge in [0.15, 0.2) is 13.2 Å². The standard InChI is InChI=1S/C15H15N3O5/c16-7-10-1-5-12(6-2-10)22-9-14(20)23-8-13(19)18-15(21)17-11-3-4-11/h1-2,5-6,11H,3-4,8-9H2,(H2,17,18,19,21). The van der Waals surface area contributed by atoms with Crippen LogP contribution >= 0.6 is 0 Å². The molecule has 0 aliphatic heterocycles. The third-order valence-corrected chi connectivity index (χ3v) is 2.87. The van der Waals surface area contributed by atoms with Gasteiger partial charge in [0.1, 0.15) is 5.75 Å². The van der Waals surface area contributed by atoms with Crippen LogP contribution in [-0.2, 0) is 14.3 Å². The van der Waals surface area contributed by atoms with Gasteiger partial charge in [-0.2, -0.15) is 5.26 Å². The molecule has 1 aliphatic rings. The molecule has 1 fully saturated rings. The quantitative estimate of drug-likeness (QED) is 0.736. The van der Waals surface area contributed by atoms with Gasteiger partial charge >= 0.3 is 12.0 Å². The van der Waals surface area contributed by atoms with Gasteiger partial charge in [-0.25, -0.2) is 9.59 Å². The summed E-state index contributed by atoms with van der Waals surface area (Å²) in [5.74, 6) is -1.06.